The number of rotatable bonds is 7. The lowest BCUT2D eigenvalue weighted by Gasteiger charge is -2.11. The Balaban J connectivity index is 0.00000341. The number of amides is 1. The van der Waals surface area contributed by atoms with Crippen molar-refractivity contribution in [1.29, 1.82) is 0 Å². The van der Waals surface area contributed by atoms with Gasteiger partial charge in [-0.1, -0.05) is 42.0 Å². The highest BCUT2D eigenvalue weighted by Crippen LogP contribution is 2.20. The van der Waals surface area contributed by atoms with Gasteiger partial charge < -0.3 is 20.4 Å². The van der Waals surface area contributed by atoms with Crippen molar-refractivity contribution in [3.05, 3.63) is 77.3 Å². The minimum absolute atomic E-state index is 0. The summed E-state index contributed by atoms with van der Waals surface area (Å²) in [5.41, 5.74) is 3.94. The van der Waals surface area contributed by atoms with Crippen molar-refractivity contribution in [3.8, 4) is 11.3 Å². The minimum Gasteiger partial charge on any atom is -0.439 e. The maximum Gasteiger partial charge on any atom is 0.251 e. The van der Waals surface area contributed by atoms with Crippen molar-refractivity contribution in [2.24, 2.45) is 4.99 Å². The molecule has 0 aliphatic rings. The van der Waals surface area contributed by atoms with E-state index in [4.69, 9.17) is 4.42 Å². The first-order valence-electron chi connectivity index (χ1n) is 9.86. The molecule has 1 heterocycles. The van der Waals surface area contributed by atoms with Crippen molar-refractivity contribution in [3.63, 3.8) is 0 Å². The van der Waals surface area contributed by atoms with Crippen LogP contribution in [0.5, 0.6) is 0 Å². The summed E-state index contributed by atoms with van der Waals surface area (Å²) in [5, 5.41) is 9.11. The van der Waals surface area contributed by atoms with Gasteiger partial charge in [0.1, 0.15) is 0 Å². The highest BCUT2D eigenvalue weighted by Gasteiger charge is 2.08. The number of aromatic nitrogens is 1. The Bertz CT molecular complexity index is 1010. The van der Waals surface area contributed by atoms with Crippen LogP contribution in [0.2, 0.25) is 0 Å². The molecule has 0 atom stereocenters. The molecule has 3 rings (SSSR count). The second-order valence-corrected chi connectivity index (χ2v) is 6.87. The summed E-state index contributed by atoms with van der Waals surface area (Å²) >= 11 is 0. The normalized spacial score (nSPS) is 10.9. The van der Waals surface area contributed by atoms with Crippen LogP contribution in [0.3, 0.4) is 0 Å². The van der Waals surface area contributed by atoms with E-state index in [0.29, 0.717) is 30.5 Å². The molecule has 0 aliphatic heterocycles. The van der Waals surface area contributed by atoms with Gasteiger partial charge in [0.15, 0.2) is 11.7 Å². The predicted molar refractivity (Wildman–Crippen MR) is 134 cm³/mol. The Morgan fingerprint density at radius 1 is 1.13 bits per heavy atom. The predicted octanol–water partition coefficient (Wildman–Crippen LogP) is 3.54. The smallest absolute Gasteiger partial charge is 0.251 e. The van der Waals surface area contributed by atoms with Gasteiger partial charge in [0.05, 0.1) is 12.7 Å². The minimum atomic E-state index is -0.0850. The quantitative estimate of drug-likeness (QED) is 0.246. The Morgan fingerprint density at radius 2 is 1.90 bits per heavy atom. The van der Waals surface area contributed by atoms with E-state index in [0.717, 1.165) is 23.3 Å². The highest BCUT2D eigenvalue weighted by atomic mass is 127. The molecule has 0 fully saturated rings. The van der Waals surface area contributed by atoms with E-state index < -0.39 is 0 Å². The lowest BCUT2D eigenvalue weighted by molar-refractivity contribution is 0.0963. The third-order valence-electron chi connectivity index (χ3n) is 4.64. The van der Waals surface area contributed by atoms with Gasteiger partial charge in [0.25, 0.3) is 5.91 Å². The second-order valence-electron chi connectivity index (χ2n) is 6.87. The molecule has 164 valence electrons. The van der Waals surface area contributed by atoms with Crippen LogP contribution in [0.15, 0.2) is 64.1 Å². The number of nitrogens with zero attached hydrogens (tertiary/aromatic N) is 2. The first kappa shape index (κ1) is 24.4. The molecule has 0 saturated carbocycles. The number of aryl methyl sites for hydroxylation is 1. The van der Waals surface area contributed by atoms with Crippen LogP contribution in [0.25, 0.3) is 11.3 Å². The lowest BCUT2D eigenvalue weighted by Crippen LogP contribution is -2.37. The second kappa shape index (κ2) is 12.1. The molecule has 0 saturated heterocycles. The van der Waals surface area contributed by atoms with E-state index in [1.54, 1.807) is 26.4 Å². The number of guanidine groups is 1. The zero-order chi connectivity index (χ0) is 21.3. The Labute approximate surface area is 199 Å². The summed E-state index contributed by atoms with van der Waals surface area (Å²) < 4.78 is 5.83. The van der Waals surface area contributed by atoms with Gasteiger partial charge in [0.2, 0.25) is 5.89 Å². The number of carbonyl (C=O) groups excluding carboxylic acids is 1. The van der Waals surface area contributed by atoms with Crippen LogP contribution in [0, 0.1) is 6.92 Å². The first-order chi connectivity index (χ1) is 14.6. The highest BCUT2D eigenvalue weighted by molar-refractivity contribution is 14.0. The maximum absolute atomic E-state index is 11.8. The number of halogens is 1. The molecule has 31 heavy (non-hydrogen) atoms. The van der Waals surface area contributed by atoms with Crippen molar-refractivity contribution in [2.45, 2.75) is 19.9 Å². The number of benzene rings is 2. The number of hydrogen-bond donors (Lipinski definition) is 3. The molecule has 3 N–H and O–H groups in total. The fourth-order valence-electron chi connectivity index (χ4n) is 2.96. The molecule has 7 nitrogen and oxygen atoms in total. The number of aliphatic imine (C=N–C) groups is 1. The summed E-state index contributed by atoms with van der Waals surface area (Å²) in [4.78, 5) is 20.3. The van der Waals surface area contributed by atoms with Crippen LogP contribution in [0.1, 0.15) is 27.4 Å². The van der Waals surface area contributed by atoms with Gasteiger partial charge in [-0.25, -0.2) is 4.98 Å². The summed E-state index contributed by atoms with van der Waals surface area (Å²) in [6.45, 7) is 3.16. The fraction of sp³-hybridized carbons (Fsp3) is 0.261. The van der Waals surface area contributed by atoms with Crippen LogP contribution in [-0.4, -0.2) is 37.5 Å². The molecular weight excluding hydrogens is 505 g/mol. The lowest BCUT2D eigenvalue weighted by atomic mass is 10.1. The number of carbonyl (C=O) groups is 1. The zero-order valence-electron chi connectivity index (χ0n) is 17.9. The molecule has 0 unspecified atom stereocenters. The molecule has 2 aromatic carbocycles. The van der Waals surface area contributed by atoms with Gasteiger partial charge >= 0.3 is 0 Å². The maximum atomic E-state index is 11.8. The van der Waals surface area contributed by atoms with Gasteiger partial charge in [0, 0.05) is 31.8 Å². The molecule has 0 radical (unpaired) electrons. The molecule has 3 aromatic rings. The molecule has 8 heteroatoms. The molecular formula is C23H28IN5O2. The van der Waals surface area contributed by atoms with Gasteiger partial charge in [-0.3, -0.25) is 9.79 Å². The van der Waals surface area contributed by atoms with Crippen LogP contribution in [0.4, 0.5) is 0 Å². The van der Waals surface area contributed by atoms with Gasteiger partial charge in [-0.2, -0.15) is 0 Å². The molecule has 0 spiro atoms. The first-order valence-corrected chi connectivity index (χ1v) is 9.86. The Kier molecular flexibility index (Phi) is 9.51. The number of nitrogens with one attached hydrogen (secondary N) is 3. The number of oxazole rings is 1. The van der Waals surface area contributed by atoms with Crippen molar-refractivity contribution < 1.29 is 9.21 Å². The summed E-state index contributed by atoms with van der Waals surface area (Å²) in [5.74, 6) is 1.91. The van der Waals surface area contributed by atoms with Crippen molar-refractivity contribution in [1.82, 2.24) is 20.9 Å². The topological polar surface area (TPSA) is 91.5 Å². The van der Waals surface area contributed by atoms with Crippen LogP contribution < -0.4 is 16.0 Å². The van der Waals surface area contributed by atoms with Gasteiger partial charge in [-0.15, -0.1) is 24.0 Å². The Hall–Kier alpha value is -2.88. The average molecular weight is 533 g/mol. The third kappa shape index (κ3) is 7.09. The average Bonchev–Trinajstić information content (AvgIpc) is 3.25. The fourth-order valence-corrected chi connectivity index (χ4v) is 2.96. The van der Waals surface area contributed by atoms with E-state index in [9.17, 15) is 4.79 Å². The zero-order valence-corrected chi connectivity index (χ0v) is 20.3. The summed E-state index contributed by atoms with van der Waals surface area (Å²) in [7, 11) is 3.35. The van der Waals surface area contributed by atoms with Crippen LogP contribution >= 0.6 is 24.0 Å². The van der Waals surface area contributed by atoms with E-state index >= 15 is 0 Å². The van der Waals surface area contributed by atoms with Crippen molar-refractivity contribution in [2.75, 3.05) is 20.6 Å². The SMILES string of the molecule is CN=C(NCCc1cccc(C(=O)NC)c1)NCc1ncc(-c2ccc(C)cc2)o1.I. The van der Waals surface area contributed by atoms with Crippen LogP contribution in [-0.2, 0) is 13.0 Å². The third-order valence-corrected chi connectivity index (χ3v) is 4.64. The monoisotopic (exact) mass is 533 g/mol. The van der Waals surface area contributed by atoms with E-state index in [1.165, 1.54) is 5.56 Å². The molecule has 0 bridgehead atoms. The largest absolute Gasteiger partial charge is 0.439 e. The Morgan fingerprint density at radius 3 is 2.61 bits per heavy atom. The molecule has 1 amide bonds. The van der Waals surface area contributed by atoms with Gasteiger partial charge in [-0.05, 0) is 31.0 Å². The number of hydrogen-bond acceptors (Lipinski definition) is 4. The van der Waals surface area contributed by atoms with Crippen molar-refractivity contribution >= 4 is 35.8 Å². The van der Waals surface area contributed by atoms with E-state index in [2.05, 4.69) is 32.9 Å². The standard InChI is InChI=1S/C23H27N5O2.HI/c1-16-7-9-18(10-8-16)20-14-27-21(30-20)15-28-23(25-3)26-12-11-17-5-4-6-19(13-17)22(29)24-2;/h4-10,13-14H,11-12,15H2,1-3H3,(H,24,29)(H2,25,26,28);1H. The van der Waals surface area contributed by atoms with E-state index in [-0.39, 0.29) is 29.9 Å². The summed E-state index contributed by atoms with van der Waals surface area (Å²) in [6, 6.07) is 15.7. The molecule has 0 aliphatic carbocycles. The summed E-state index contributed by atoms with van der Waals surface area (Å²) in [6.07, 6.45) is 2.50. The molecule has 1 aromatic heterocycles. The van der Waals surface area contributed by atoms with E-state index in [1.807, 2.05) is 42.5 Å².